The van der Waals surface area contributed by atoms with E-state index in [0.717, 1.165) is 63.7 Å². The molecule has 6 nitrogen and oxygen atoms in total. The Bertz CT molecular complexity index is 1450. The van der Waals surface area contributed by atoms with Crippen LogP contribution in [0.3, 0.4) is 0 Å². The molecule has 0 atom stereocenters. The van der Waals surface area contributed by atoms with Crippen molar-refractivity contribution in [3.8, 4) is 28.5 Å². The molecule has 5 rings (SSSR count). The molecule has 0 saturated carbocycles. The van der Waals surface area contributed by atoms with Gasteiger partial charge in [-0.3, -0.25) is 9.67 Å². The molecule has 3 aromatic heterocycles. The molecule has 0 radical (unpaired) electrons. The predicted octanol–water partition coefficient (Wildman–Crippen LogP) is 4.74. The number of rotatable bonds is 6. The second-order valence-corrected chi connectivity index (χ2v) is 7.98. The summed E-state index contributed by atoms with van der Waals surface area (Å²) < 4.78 is 4.14. The zero-order chi connectivity index (χ0) is 22.1. The van der Waals surface area contributed by atoms with Crippen LogP contribution in [0.25, 0.3) is 44.2 Å². The van der Waals surface area contributed by atoms with Crippen LogP contribution in [-0.2, 0) is 13.6 Å². The van der Waals surface area contributed by atoms with Crippen molar-refractivity contribution < 1.29 is 0 Å². The van der Waals surface area contributed by atoms with E-state index in [4.69, 9.17) is 4.98 Å². The van der Waals surface area contributed by atoms with Crippen molar-refractivity contribution >= 4 is 21.8 Å². The van der Waals surface area contributed by atoms with E-state index in [2.05, 4.69) is 51.5 Å². The number of fused-ring (bicyclic) bond motifs is 2. The van der Waals surface area contributed by atoms with Gasteiger partial charge in [0, 0.05) is 41.7 Å². The quantitative estimate of drug-likeness (QED) is 0.403. The van der Waals surface area contributed by atoms with Crippen LogP contribution in [0, 0.1) is 11.3 Å². The molecular formula is C26H24N6. The van der Waals surface area contributed by atoms with E-state index >= 15 is 0 Å². The van der Waals surface area contributed by atoms with Crippen molar-refractivity contribution in [2.45, 2.75) is 13.0 Å². The standard InChI is InChI=1S/C26H24N6/c1-28-11-3-12-32-13-10-22-24(32)17-29-26(25(22)19-6-4-18(15-27)5-7-19)20-8-9-23-21(14-20)16-30-31(23)2/h4-10,13-14,16-17,28H,3,11-12H2,1-2H3. The molecule has 3 heterocycles. The topological polar surface area (TPSA) is 71.5 Å². The third kappa shape index (κ3) is 3.43. The van der Waals surface area contributed by atoms with E-state index in [-0.39, 0.29) is 0 Å². The van der Waals surface area contributed by atoms with Crippen LogP contribution < -0.4 is 5.32 Å². The average Bonchev–Trinajstić information content (AvgIpc) is 3.42. The van der Waals surface area contributed by atoms with E-state index in [1.54, 1.807) is 0 Å². The minimum Gasteiger partial charge on any atom is -0.346 e. The Balaban J connectivity index is 1.71. The van der Waals surface area contributed by atoms with Crippen LogP contribution in [0.1, 0.15) is 12.0 Å². The Morgan fingerprint density at radius 2 is 1.81 bits per heavy atom. The Kier molecular flexibility index (Phi) is 5.18. The first-order valence-electron chi connectivity index (χ1n) is 10.7. The maximum absolute atomic E-state index is 9.23. The molecule has 0 aliphatic heterocycles. The fraction of sp³-hybridized carbons (Fsp3) is 0.192. The van der Waals surface area contributed by atoms with Gasteiger partial charge in [0.2, 0.25) is 0 Å². The minimum absolute atomic E-state index is 0.650. The van der Waals surface area contributed by atoms with E-state index in [1.807, 2.05) is 55.4 Å². The summed E-state index contributed by atoms with van der Waals surface area (Å²) in [7, 11) is 3.93. The number of hydrogen-bond acceptors (Lipinski definition) is 4. The highest BCUT2D eigenvalue weighted by atomic mass is 15.2. The molecule has 0 amide bonds. The van der Waals surface area contributed by atoms with Gasteiger partial charge in [-0.2, -0.15) is 10.4 Å². The van der Waals surface area contributed by atoms with Crippen LogP contribution in [-0.4, -0.2) is 32.9 Å². The third-order valence-corrected chi connectivity index (χ3v) is 5.98. The lowest BCUT2D eigenvalue weighted by Crippen LogP contribution is -2.10. The van der Waals surface area contributed by atoms with Crippen LogP contribution in [0.2, 0.25) is 0 Å². The average molecular weight is 421 g/mol. The molecule has 158 valence electrons. The number of pyridine rings is 1. The number of nitriles is 1. The lowest BCUT2D eigenvalue weighted by molar-refractivity contribution is 0.627. The molecule has 32 heavy (non-hydrogen) atoms. The zero-order valence-corrected chi connectivity index (χ0v) is 18.2. The summed E-state index contributed by atoms with van der Waals surface area (Å²) in [5.74, 6) is 0. The maximum Gasteiger partial charge on any atom is 0.0991 e. The first kappa shape index (κ1) is 20.0. The molecule has 0 saturated heterocycles. The van der Waals surface area contributed by atoms with Crippen LogP contribution in [0.4, 0.5) is 0 Å². The second-order valence-electron chi connectivity index (χ2n) is 7.98. The highest BCUT2D eigenvalue weighted by molar-refractivity contribution is 6.02. The highest BCUT2D eigenvalue weighted by Gasteiger charge is 2.16. The van der Waals surface area contributed by atoms with E-state index in [9.17, 15) is 5.26 Å². The number of nitrogens with zero attached hydrogens (tertiary/aromatic N) is 5. The summed E-state index contributed by atoms with van der Waals surface area (Å²) in [5.41, 5.74) is 6.98. The number of aromatic nitrogens is 4. The van der Waals surface area contributed by atoms with Gasteiger partial charge in [0.05, 0.1) is 40.8 Å². The first-order chi connectivity index (χ1) is 15.7. The highest BCUT2D eigenvalue weighted by Crippen LogP contribution is 2.38. The lowest BCUT2D eigenvalue weighted by Gasteiger charge is -2.13. The second kappa shape index (κ2) is 8.29. The maximum atomic E-state index is 9.23. The van der Waals surface area contributed by atoms with Crippen molar-refractivity contribution in [2.24, 2.45) is 7.05 Å². The van der Waals surface area contributed by atoms with Crippen LogP contribution >= 0.6 is 0 Å². The number of aryl methyl sites for hydroxylation is 2. The van der Waals surface area contributed by atoms with Crippen LogP contribution in [0.5, 0.6) is 0 Å². The molecule has 0 unspecified atom stereocenters. The van der Waals surface area contributed by atoms with Gasteiger partial charge in [0.15, 0.2) is 0 Å². The molecule has 0 bridgehead atoms. The van der Waals surface area contributed by atoms with Gasteiger partial charge in [-0.1, -0.05) is 18.2 Å². The molecule has 0 aliphatic carbocycles. The molecule has 0 spiro atoms. The molecule has 6 heteroatoms. The zero-order valence-electron chi connectivity index (χ0n) is 18.2. The van der Waals surface area contributed by atoms with Crippen molar-refractivity contribution in [3.05, 3.63) is 72.7 Å². The summed E-state index contributed by atoms with van der Waals surface area (Å²) in [6.07, 6.45) is 7.05. The van der Waals surface area contributed by atoms with Gasteiger partial charge in [-0.25, -0.2) is 0 Å². The fourth-order valence-electron chi connectivity index (χ4n) is 4.31. The SMILES string of the molecule is CNCCCn1ccc2c(-c3ccc(C#N)cc3)c(-c3ccc4c(cnn4C)c3)ncc21. The van der Waals surface area contributed by atoms with Crippen LogP contribution in [0.15, 0.2) is 67.1 Å². The Labute approximate surface area is 186 Å². The van der Waals surface area contributed by atoms with E-state index in [0.29, 0.717) is 5.56 Å². The van der Waals surface area contributed by atoms with Crippen molar-refractivity contribution in [1.29, 1.82) is 5.26 Å². The Morgan fingerprint density at radius 3 is 2.59 bits per heavy atom. The van der Waals surface area contributed by atoms with Crippen molar-refractivity contribution in [1.82, 2.24) is 24.6 Å². The van der Waals surface area contributed by atoms with Gasteiger partial charge in [-0.05, 0) is 55.9 Å². The minimum atomic E-state index is 0.650. The number of benzene rings is 2. The van der Waals surface area contributed by atoms with Crippen molar-refractivity contribution in [2.75, 3.05) is 13.6 Å². The number of nitrogens with one attached hydrogen (secondary N) is 1. The molecule has 5 aromatic rings. The van der Waals surface area contributed by atoms with E-state index < -0.39 is 0 Å². The fourth-order valence-corrected chi connectivity index (χ4v) is 4.31. The predicted molar refractivity (Wildman–Crippen MR) is 128 cm³/mol. The van der Waals surface area contributed by atoms with Gasteiger partial charge in [0.1, 0.15) is 0 Å². The summed E-state index contributed by atoms with van der Waals surface area (Å²) in [6.45, 7) is 1.90. The van der Waals surface area contributed by atoms with Gasteiger partial charge in [0.25, 0.3) is 0 Å². The summed E-state index contributed by atoms with van der Waals surface area (Å²) in [5, 5.41) is 19.1. The Hall–Kier alpha value is -3.95. The normalized spacial score (nSPS) is 11.3. The summed E-state index contributed by atoms with van der Waals surface area (Å²) in [4.78, 5) is 4.94. The number of hydrogen-bond donors (Lipinski definition) is 1. The molecule has 0 aliphatic rings. The smallest absolute Gasteiger partial charge is 0.0991 e. The van der Waals surface area contributed by atoms with Gasteiger partial charge < -0.3 is 9.88 Å². The molecule has 2 aromatic carbocycles. The van der Waals surface area contributed by atoms with E-state index in [1.165, 1.54) is 0 Å². The molecular weight excluding hydrogens is 396 g/mol. The van der Waals surface area contributed by atoms with Gasteiger partial charge in [-0.15, -0.1) is 0 Å². The first-order valence-corrected chi connectivity index (χ1v) is 10.7. The van der Waals surface area contributed by atoms with Gasteiger partial charge >= 0.3 is 0 Å². The lowest BCUT2D eigenvalue weighted by atomic mass is 9.95. The molecule has 1 N–H and O–H groups in total. The Morgan fingerprint density at radius 1 is 1.00 bits per heavy atom. The summed E-state index contributed by atoms with van der Waals surface area (Å²) >= 11 is 0. The van der Waals surface area contributed by atoms with Crippen molar-refractivity contribution in [3.63, 3.8) is 0 Å². The third-order valence-electron chi connectivity index (χ3n) is 5.98. The largest absolute Gasteiger partial charge is 0.346 e. The monoisotopic (exact) mass is 420 g/mol. The summed E-state index contributed by atoms with van der Waals surface area (Å²) in [6, 6.07) is 18.5. The molecule has 0 fully saturated rings.